The van der Waals surface area contributed by atoms with Crippen molar-refractivity contribution < 1.29 is 27.9 Å². The van der Waals surface area contributed by atoms with E-state index in [1.165, 1.54) is 17.0 Å². The molecule has 7 nitrogen and oxygen atoms in total. The minimum absolute atomic E-state index is 0.0104. The van der Waals surface area contributed by atoms with Crippen LogP contribution in [-0.4, -0.2) is 72.8 Å². The molecule has 3 aliphatic rings. The number of hydrogen-bond acceptors (Lipinski definition) is 5. The third-order valence-electron chi connectivity index (χ3n) is 5.15. The van der Waals surface area contributed by atoms with Crippen LogP contribution in [-0.2, 0) is 25.6 Å². The van der Waals surface area contributed by atoms with Gasteiger partial charge in [-0.25, -0.2) is 8.78 Å². The molecule has 0 saturated carbocycles. The van der Waals surface area contributed by atoms with Gasteiger partial charge in [0.15, 0.2) is 23.5 Å². The first-order chi connectivity index (χ1) is 13.0. The topological polar surface area (TPSA) is 71.4 Å². The molecule has 1 aromatic carbocycles. The van der Waals surface area contributed by atoms with Gasteiger partial charge >= 0.3 is 0 Å². The number of benzene rings is 1. The molecule has 27 heavy (non-hydrogen) atoms. The van der Waals surface area contributed by atoms with E-state index in [1.54, 1.807) is 4.90 Å². The number of oxime groups is 1. The Balaban J connectivity index is 1.41. The summed E-state index contributed by atoms with van der Waals surface area (Å²) in [4.78, 5) is 33.7. The first-order valence-corrected chi connectivity index (χ1v) is 8.86. The predicted octanol–water partition coefficient (Wildman–Crippen LogP) is 0.579. The van der Waals surface area contributed by atoms with Crippen molar-refractivity contribution in [2.24, 2.45) is 11.1 Å². The maximum absolute atomic E-state index is 13.8. The average Bonchev–Trinajstić information content (AvgIpc) is 3.26. The lowest BCUT2D eigenvalue weighted by Crippen LogP contribution is -2.46. The Labute approximate surface area is 154 Å². The highest BCUT2D eigenvalue weighted by Crippen LogP contribution is 2.29. The van der Waals surface area contributed by atoms with Gasteiger partial charge in [-0.1, -0.05) is 17.3 Å². The summed E-state index contributed by atoms with van der Waals surface area (Å²) >= 11 is 0. The molecule has 3 aliphatic heterocycles. The molecule has 144 valence electrons. The summed E-state index contributed by atoms with van der Waals surface area (Å²) in [5, 5.41) is 3.94. The number of hydrogen-bond donors (Lipinski definition) is 0. The summed E-state index contributed by atoms with van der Waals surface area (Å²) in [6.45, 7) is 2.50. The van der Waals surface area contributed by atoms with Gasteiger partial charge in [-0.2, -0.15) is 0 Å². The molecule has 3 heterocycles. The number of fused-ring (bicyclic) bond motifs is 1. The van der Waals surface area contributed by atoms with E-state index in [9.17, 15) is 18.4 Å². The number of rotatable bonds is 3. The summed E-state index contributed by atoms with van der Waals surface area (Å²) in [6.07, 6.45) is -0.626. The van der Waals surface area contributed by atoms with E-state index in [1.807, 2.05) is 0 Å². The van der Waals surface area contributed by atoms with Gasteiger partial charge in [0, 0.05) is 25.2 Å². The minimum Gasteiger partial charge on any atom is -0.389 e. The fraction of sp³-hybridized carbons (Fsp3) is 0.500. The van der Waals surface area contributed by atoms with Crippen molar-refractivity contribution in [3.8, 4) is 0 Å². The molecule has 1 aromatic rings. The lowest BCUT2D eigenvalue weighted by atomic mass is 9.99. The zero-order valence-corrected chi connectivity index (χ0v) is 14.6. The molecule has 0 unspecified atom stereocenters. The minimum atomic E-state index is -1.01. The normalized spacial score (nSPS) is 24.4. The van der Waals surface area contributed by atoms with Crippen LogP contribution in [0.1, 0.15) is 5.56 Å². The van der Waals surface area contributed by atoms with Crippen molar-refractivity contribution in [2.45, 2.75) is 12.5 Å². The van der Waals surface area contributed by atoms with Crippen LogP contribution in [0.4, 0.5) is 8.78 Å². The standard InChI is InChI=1S/C18H19F2N3O4/c19-13-3-1-2-11(16(13)20)8-15(24)23-9-12-14(10-23)27-21-17(12)18(25)22-4-6-26-7-5-22/h1-3,12,14H,4-10H2/t12-,14+/m0/s1. The van der Waals surface area contributed by atoms with Gasteiger partial charge in [0.05, 0.1) is 32.1 Å². The summed E-state index contributed by atoms with van der Waals surface area (Å²) in [5.41, 5.74) is 0.324. The maximum Gasteiger partial charge on any atom is 0.272 e. The lowest BCUT2D eigenvalue weighted by Gasteiger charge is -2.27. The molecule has 2 atom stereocenters. The number of ether oxygens (including phenoxy) is 1. The van der Waals surface area contributed by atoms with E-state index in [0.717, 1.165) is 6.07 Å². The van der Waals surface area contributed by atoms with Crippen molar-refractivity contribution in [1.29, 1.82) is 0 Å². The Morgan fingerprint density at radius 1 is 1.15 bits per heavy atom. The van der Waals surface area contributed by atoms with Crippen molar-refractivity contribution in [2.75, 3.05) is 39.4 Å². The van der Waals surface area contributed by atoms with Crippen LogP contribution in [0.5, 0.6) is 0 Å². The number of halogens is 2. The second kappa shape index (κ2) is 7.22. The quantitative estimate of drug-likeness (QED) is 0.770. The van der Waals surface area contributed by atoms with Gasteiger partial charge in [0.1, 0.15) is 0 Å². The monoisotopic (exact) mass is 379 g/mol. The Morgan fingerprint density at radius 3 is 2.70 bits per heavy atom. The first-order valence-electron chi connectivity index (χ1n) is 8.86. The van der Waals surface area contributed by atoms with Gasteiger partial charge in [0.2, 0.25) is 5.91 Å². The molecule has 0 aromatic heterocycles. The molecule has 9 heteroatoms. The summed E-state index contributed by atoms with van der Waals surface area (Å²) < 4.78 is 32.4. The van der Waals surface area contributed by atoms with Gasteiger partial charge in [0.25, 0.3) is 5.91 Å². The highest BCUT2D eigenvalue weighted by molar-refractivity contribution is 6.40. The van der Waals surface area contributed by atoms with E-state index in [-0.39, 0.29) is 48.9 Å². The molecule has 0 N–H and O–H groups in total. The van der Waals surface area contributed by atoms with Crippen LogP contribution in [0.25, 0.3) is 0 Å². The number of nitrogens with zero attached hydrogens (tertiary/aromatic N) is 3. The van der Waals surface area contributed by atoms with Crippen molar-refractivity contribution >= 4 is 17.5 Å². The summed E-state index contributed by atoms with van der Waals surface area (Å²) in [6, 6.07) is 3.77. The molecule has 0 bridgehead atoms. The van der Waals surface area contributed by atoms with Crippen LogP contribution in [0.2, 0.25) is 0 Å². The number of morpholine rings is 1. The van der Waals surface area contributed by atoms with Crippen molar-refractivity contribution in [3.05, 3.63) is 35.4 Å². The zero-order chi connectivity index (χ0) is 19.0. The molecule has 2 saturated heterocycles. The van der Waals surface area contributed by atoms with Crippen LogP contribution < -0.4 is 0 Å². The smallest absolute Gasteiger partial charge is 0.272 e. The molecule has 0 radical (unpaired) electrons. The fourth-order valence-corrected chi connectivity index (χ4v) is 3.62. The third-order valence-corrected chi connectivity index (χ3v) is 5.15. The second-order valence-corrected chi connectivity index (χ2v) is 6.82. The van der Waals surface area contributed by atoms with Gasteiger partial charge in [-0.15, -0.1) is 0 Å². The zero-order valence-electron chi connectivity index (χ0n) is 14.6. The van der Waals surface area contributed by atoms with Gasteiger partial charge < -0.3 is 19.4 Å². The summed E-state index contributed by atoms with van der Waals surface area (Å²) in [7, 11) is 0. The van der Waals surface area contributed by atoms with Crippen LogP contribution in [0, 0.1) is 17.6 Å². The maximum atomic E-state index is 13.8. The molecule has 4 rings (SSSR count). The van der Waals surface area contributed by atoms with E-state index in [0.29, 0.717) is 32.0 Å². The van der Waals surface area contributed by atoms with Crippen LogP contribution >= 0.6 is 0 Å². The number of likely N-dealkylation sites (tertiary alicyclic amines) is 1. The van der Waals surface area contributed by atoms with Crippen molar-refractivity contribution in [1.82, 2.24) is 9.80 Å². The molecule has 2 fully saturated rings. The number of carbonyl (C=O) groups is 2. The number of carbonyl (C=O) groups excluding carboxylic acids is 2. The molecule has 0 spiro atoms. The van der Waals surface area contributed by atoms with E-state index < -0.39 is 11.6 Å². The van der Waals surface area contributed by atoms with E-state index in [4.69, 9.17) is 9.57 Å². The Morgan fingerprint density at radius 2 is 1.93 bits per heavy atom. The molecule has 2 amide bonds. The number of amides is 2. The lowest BCUT2D eigenvalue weighted by molar-refractivity contribution is -0.130. The highest BCUT2D eigenvalue weighted by atomic mass is 19.2. The largest absolute Gasteiger partial charge is 0.389 e. The third kappa shape index (κ3) is 3.39. The van der Waals surface area contributed by atoms with Gasteiger partial charge in [-0.3, -0.25) is 9.59 Å². The second-order valence-electron chi connectivity index (χ2n) is 6.82. The van der Waals surface area contributed by atoms with Crippen LogP contribution in [0.15, 0.2) is 23.4 Å². The average molecular weight is 379 g/mol. The highest BCUT2D eigenvalue weighted by Gasteiger charge is 2.47. The molecular formula is C18H19F2N3O4. The van der Waals surface area contributed by atoms with E-state index in [2.05, 4.69) is 5.16 Å². The van der Waals surface area contributed by atoms with Gasteiger partial charge in [-0.05, 0) is 6.07 Å². The Bertz CT molecular complexity index is 795. The fourth-order valence-electron chi connectivity index (χ4n) is 3.62. The Hall–Kier alpha value is -2.55. The first kappa shape index (κ1) is 17.8. The SMILES string of the molecule is O=C(Cc1cccc(F)c1F)N1C[C@@H]2C(C(=O)N3CCOCC3)=NO[C@@H]2C1. The van der Waals surface area contributed by atoms with Crippen molar-refractivity contribution in [3.63, 3.8) is 0 Å². The molecule has 0 aliphatic carbocycles. The van der Waals surface area contributed by atoms with E-state index >= 15 is 0 Å². The Kier molecular flexibility index (Phi) is 4.77. The molecular weight excluding hydrogens is 360 g/mol. The van der Waals surface area contributed by atoms with Crippen LogP contribution in [0.3, 0.4) is 0 Å². The summed E-state index contributed by atoms with van der Waals surface area (Å²) in [5.74, 6) is -2.83. The predicted molar refractivity (Wildman–Crippen MR) is 89.8 cm³/mol.